The van der Waals surface area contributed by atoms with Crippen LogP contribution in [0.3, 0.4) is 0 Å². The van der Waals surface area contributed by atoms with Crippen LogP contribution in [-0.4, -0.2) is 28.4 Å². The Labute approximate surface area is 93.8 Å². The van der Waals surface area contributed by atoms with Crippen LogP contribution in [0.1, 0.15) is 38.3 Å². The lowest BCUT2D eigenvalue weighted by atomic mass is 10.1. The Kier molecular flexibility index (Phi) is 2.77. The lowest BCUT2D eigenvalue weighted by Crippen LogP contribution is -2.24. The first-order valence-corrected chi connectivity index (χ1v) is 5.49. The summed E-state index contributed by atoms with van der Waals surface area (Å²) in [7, 11) is 0. The Morgan fingerprint density at radius 2 is 2.31 bits per heavy atom. The van der Waals surface area contributed by atoms with Crippen LogP contribution in [0.15, 0.2) is 6.07 Å². The van der Waals surface area contributed by atoms with Gasteiger partial charge in [0.15, 0.2) is 11.6 Å². The number of amides is 1. The zero-order chi connectivity index (χ0) is 11.7. The minimum absolute atomic E-state index is 0.00548. The van der Waals surface area contributed by atoms with E-state index in [1.54, 1.807) is 0 Å². The van der Waals surface area contributed by atoms with Crippen LogP contribution in [0, 0.1) is 0 Å². The summed E-state index contributed by atoms with van der Waals surface area (Å²) in [5, 5.41) is 6.99. The van der Waals surface area contributed by atoms with Crippen molar-refractivity contribution in [3.05, 3.63) is 11.8 Å². The van der Waals surface area contributed by atoms with Crippen molar-refractivity contribution in [2.45, 2.75) is 32.6 Å². The molecule has 0 saturated carbocycles. The van der Waals surface area contributed by atoms with Crippen molar-refractivity contribution in [1.29, 1.82) is 0 Å². The highest BCUT2D eigenvalue weighted by atomic mass is 16.2. The van der Waals surface area contributed by atoms with Crippen LogP contribution >= 0.6 is 0 Å². The van der Waals surface area contributed by atoms with Crippen LogP contribution in [-0.2, 0) is 9.59 Å². The Balaban J connectivity index is 2.19. The third kappa shape index (κ3) is 1.85. The quantitative estimate of drug-likeness (QED) is 0.780. The van der Waals surface area contributed by atoms with E-state index >= 15 is 0 Å². The van der Waals surface area contributed by atoms with Gasteiger partial charge in [0.25, 0.3) is 0 Å². The number of nitrogens with zero attached hydrogens (tertiary/aromatic N) is 2. The number of H-pyrrole nitrogens is 1. The van der Waals surface area contributed by atoms with Gasteiger partial charge in [0.1, 0.15) is 0 Å². The molecule has 86 valence electrons. The second-order valence-corrected chi connectivity index (χ2v) is 4.19. The lowest BCUT2D eigenvalue weighted by Gasteiger charge is -2.09. The predicted octanol–water partition coefficient (Wildman–Crippen LogP) is 1.23. The molecule has 1 fully saturated rings. The van der Waals surface area contributed by atoms with Gasteiger partial charge in [-0.3, -0.25) is 19.6 Å². The van der Waals surface area contributed by atoms with Gasteiger partial charge in [-0.25, -0.2) is 0 Å². The maximum Gasteiger partial charge on any atom is 0.236 e. The number of hydrogen-bond acceptors (Lipinski definition) is 3. The van der Waals surface area contributed by atoms with E-state index in [2.05, 4.69) is 24.0 Å². The molecule has 1 aromatic heterocycles. The summed E-state index contributed by atoms with van der Waals surface area (Å²) in [6.07, 6.45) is 1.01. The third-order valence-electron chi connectivity index (χ3n) is 2.99. The maximum absolute atomic E-state index is 11.5. The first-order valence-electron chi connectivity index (χ1n) is 5.49. The normalized spacial score (nSPS) is 18.2. The van der Waals surface area contributed by atoms with E-state index in [0.717, 1.165) is 12.1 Å². The topological polar surface area (TPSA) is 66.1 Å². The highest BCUT2D eigenvalue weighted by Crippen LogP contribution is 2.23. The van der Waals surface area contributed by atoms with Crippen LogP contribution in [0.25, 0.3) is 0 Å². The van der Waals surface area contributed by atoms with Crippen LogP contribution in [0.4, 0.5) is 5.82 Å². The fourth-order valence-electron chi connectivity index (χ4n) is 1.73. The number of carbonyl (C=O) groups excluding carboxylic acids is 2. The summed E-state index contributed by atoms with van der Waals surface area (Å²) in [5.41, 5.74) is 1.00. The first kappa shape index (κ1) is 10.9. The number of ketones is 1. The van der Waals surface area contributed by atoms with Crippen molar-refractivity contribution >= 4 is 17.5 Å². The van der Waals surface area contributed by atoms with E-state index in [9.17, 15) is 9.59 Å². The van der Waals surface area contributed by atoms with Gasteiger partial charge in [0.05, 0.1) is 13.0 Å². The predicted molar refractivity (Wildman–Crippen MR) is 59.3 cm³/mol. The lowest BCUT2D eigenvalue weighted by molar-refractivity contribution is -0.121. The second-order valence-electron chi connectivity index (χ2n) is 4.19. The second kappa shape index (κ2) is 4.08. The molecular weight excluding hydrogens is 206 g/mol. The average molecular weight is 221 g/mol. The summed E-state index contributed by atoms with van der Waals surface area (Å²) >= 11 is 0. The summed E-state index contributed by atoms with van der Waals surface area (Å²) in [6.45, 7) is 4.34. The smallest absolute Gasteiger partial charge is 0.236 e. The molecule has 0 spiro atoms. The Morgan fingerprint density at radius 3 is 2.88 bits per heavy atom. The summed E-state index contributed by atoms with van der Waals surface area (Å²) in [4.78, 5) is 24.1. The van der Waals surface area contributed by atoms with Gasteiger partial charge < -0.3 is 0 Å². The fourth-order valence-corrected chi connectivity index (χ4v) is 1.73. The number of rotatable bonds is 3. The molecule has 1 amide bonds. The van der Waals surface area contributed by atoms with Gasteiger partial charge in [0, 0.05) is 11.8 Å². The van der Waals surface area contributed by atoms with Crippen LogP contribution in [0.5, 0.6) is 0 Å². The standard InChI is InChI=1S/C11H15N3O2/c1-3-7(2)9-5-10(13-12-9)14-6-8(15)4-11(14)16/h5,7H,3-4,6H2,1-2H3,(H,12,13). The van der Waals surface area contributed by atoms with Crippen molar-refractivity contribution in [2.24, 2.45) is 0 Å². The number of hydrogen-bond donors (Lipinski definition) is 1. The Morgan fingerprint density at radius 1 is 1.56 bits per heavy atom. The number of nitrogens with one attached hydrogen (secondary N) is 1. The van der Waals surface area contributed by atoms with Crippen molar-refractivity contribution in [3.63, 3.8) is 0 Å². The summed E-state index contributed by atoms with van der Waals surface area (Å²) in [5.74, 6) is 0.742. The molecule has 1 aliphatic rings. The minimum Gasteiger partial charge on any atom is -0.297 e. The molecule has 1 aliphatic heterocycles. The number of Topliss-reactive ketones (excluding diaryl/α,β-unsaturated/α-hetero) is 1. The number of aromatic amines is 1. The first-order chi connectivity index (χ1) is 7.61. The maximum atomic E-state index is 11.5. The van der Waals surface area contributed by atoms with Gasteiger partial charge in [0.2, 0.25) is 5.91 Å². The zero-order valence-electron chi connectivity index (χ0n) is 9.49. The van der Waals surface area contributed by atoms with Gasteiger partial charge in [-0.05, 0) is 12.3 Å². The molecule has 5 nitrogen and oxygen atoms in total. The molecule has 1 saturated heterocycles. The van der Waals surface area contributed by atoms with Gasteiger partial charge in [-0.2, -0.15) is 5.10 Å². The van der Waals surface area contributed by atoms with Crippen molar-refractivity contribution in [3.8, 4) is 0 Å². The largest absolute Gasteiger partial charge is 0.297 e. The highest BCUT2D eigenvalue weighted by Gasteiger charge is 2.30. The summed E-state index contributed by atoms with van der Waals surface area (Å²) < 4.78 is 0. The van der Waals surface area contributed by atoms with E-state index in [4.69, 9.17) is 0 Å². The Hall–Kier alpha value is -1.65. The fraction of sp³-hybridized carbons (Fsp3) is 0.545. The molecule has 16 heavy (non-hydrogen) atoms. The van der Waals surface area contributed by atoms with Crippen LogP contribution in [0.2, 0.25) is 0 Å². The molecule has 0 bridgehead atoms. The number of carbonyl (C=O) groups is 2. The van der Waals surface area contributed by atoms with E-state index < -0.39 is 0 Å². The molecule has 2 heterocycles. The molecule has 1 aromatic rings. The highest BCUT2D eigenvalue weighted by molar-refractivity contribution is 6.14. The van der Waals surface area contributed by atoms with E-state index in [-0.39, 0.29) is 24.7 Å². The minimum atomic E-state index is -0.160. The molecular formula is C11H15N3O2. The van der Waals surface area contributed by atoms with Crippen LogP contribution < -0.4 is 4.90 Å². The molecule has 1 atom stereocenters. The zero-order valence-corrected chi connectivity index (χ0v) is 9.49. The molecule has 0 radical (unpaired) electrons. The third-order valence-corrected chi connectivity index (χ3v) is 2.99. The number of anilines is 1. The molecule has 5 heteroatoms. The SMILES string of the molecule is CCC(C)c1cc(N2CC(=O)CC2=O)n[nH]1. The molecule has 0 aliphatic carbocycles. The molecule has 1 N–H and O–H groups in total. The Bertz CT molecular complexity index is 425. The van der Waals surface area contributed by atoms with E-state index in [1.165, 1.54) is 4.90 Å². The van der Waals surface area contributed by atoms with Crippen molar-refractivity contribution < 1.29 is 9.59 Å². The number of aromatic nitrogens is 2. The summed E-state index contributed by atoms with van der Waals surface area (Å²) in [6, 6.07) is 1.85. The van der Waals surface area contributed by atoms with Gasteiger partial charge >= 0.3 is 0 Å². The van der Waals surface area contributed by atoms with Gasteiger partial charge in [-0.1, -0.05) is 13.8 Å². The molecule has 0 aromatic carbocycles. The molecule has 2 rings (SSSR count). The van der Waals surface area contributed by atoms with Gasteiger partial charge in [-0.15, -0.1) is 0 Å². The van der Waals surface area contributed by atoms with E-state index in [0.29, 0.717) is 11.7 Å². The monoisotopic (exact) mass is 221 g/mol. The van der Waals surface area contributed by atoms with E-state index in [1.807, 2.05) is 6.07 Å². The van der Waals surface area contributed by atoms with Crippen molar-refractivity contribution in [1.82, 2.24) is 10.2 Å². The molecule has 1 unspecified atom stereocenters. The average Bonchev–Trinajstić information content (AvgIpc) is 2.83. The van der Waals surface area contributed by atoms with Crippen molar-refractivity contribution in [2.75, 3.05) is 11.4 Å².